The molecule has 22 heavy (non-hydrogen) atoms. The van der Waals surface area contributed by atoms with Gasteiger partial charge in [-0.05, 0) is 55.7 Å². The van der Waals surface area contributed by atoms with Gasteiger partial charge in [0.25, 0.3) is 5.91 Å². The fourth-order valence-electron chi connectivity index (χ4n) is 3.10. The van der Waals surface area contributed by atoms with Crippen molar-refractivity contribution >= 4 is 11.9 Å². The Hall–Kier alpha value is -2.04. The third kappa shape index (κ3) is 3.40. The summed E-state index contributed by atoms with van der Waals surface area (Å²) in [5.74, 6) is 0.692. The van der Waals surface area contributed by atoms with Gasteiger partial charge < -0.3 is 14.7 Å². The van der Waals surface area contributed by atoms with Gasteiger partial charge in [0.2, 0.25) is 0 Å². The van der Waals surface area contributed by atoms with Gasteiger partial charge in [-0.25, -0.2) is 4.79 Å². The van der Waals surface area contributed by atoms with Gasteiger partial charge in [-0.15, -0.1) is 0 Å². The van der Waals surface area contributed by atoms with Crippen LogP contribution in [0.1, 0.15) is 36.0 Å². The van der Waals surface area contributed by atoms with Gasteiger partial charge in [0.1, 0.15) is 5.75 Å². The summed E-state index contributed by atoms with van der Waals surface area (Å²) in [5, 5.41) is 8.65. The van der Waals surface area contributed by atoms with Crippen LogP contribution < -0.4 is 4.74 Å². The zero-order valence-corrected chi connectivity index (χ0v) is 12.7. The van der Waals surface area contributed by atoms with E-state index in [-0.39, 0.29) is 5.91 Å². The van der Waals surface area contributed by atoms with Crippen molar-refractivity contribution in [2.45, 2.75) is 31.7 Å². The minimum absolute atomic E-state index is 0.00965. The van der Waals surface area contributed by atoms with E-state index in [9.17, 15) is 9.59 Å². The van der Waals surface area contributed by atoms with Gasteiger partial charge in [-0.2, -0.15) is 0 Å². The molecule has 5 nitrogen and oxygen atoms in total. The van der Waals surface area contributed by atoms with Gasteiger partial charge in [-0.1, -0.05) is 6.07 Å². The molecule has 1 aromatic rings. The monoisotopic (exact) mass is 303 g/mol. The predicted molar refractivity (Wildman–Crippen MR) is 80.9 cm³/mol. The van der Waals surface area contributed by atoms with Gasteiger partial charge >= 0.3 is 5.97 Å². The van der Waals surface area contributed by atoms with Crippen molar-refractivity contribution in [1.82, 2.24) is 4.90 Å². The Morgan fingerprint density at radius 3 is 2.45 bits per heavy atom. The molecule has 5 heteroatoms. The summed E-state index contributed by atoms with van der Waals surface area (Å²) < 4.78 is 5.15. The van der Waals surface area contributed by atoms with E-state index in [1.807, 2.05) is 11.9 Å². The van der Waals surface area contributed by atoms with E-state index in [0.29, 0.717) is 29.2 Å². The molecule has 118 valence electrons. The van der Waals surface area contributed by atoms with Crippen molar-refractivity contribution in [3.8, 4) is 5.75 Å². The predicted octanol–water partition coefficient (Wildman–Crippen LogP) is 2.41. The lowest BCUT2D eigenvalue weighted by Gasteiger charge is -2.28. The van der Waals surface area contributed by atoms with E-state index in [1.54, 1.807) is 24.3 Å². The van der Waals surface area contributed by atoms with Crippen LogP contribution in [0, 0.1) is 11.8 Å². The summed E-state index contributed by atoms with van der Waals surface area (Å²) in [6, 6.07) is 7.12. The average molecular weight is 303 g/mol. The first kappa shape index (κ1) is 14.9. The highest BCUT2D eigenvalue weighted by molar-refractivity contribution is 5.94. The van der Waals surface area contributed by atoms with Gasteiger partial charge in [-0.3, -0.25) is 4.79 Å². The van der Waals surface area contributed by atoms with Crippen LogP contribution in [0.3, 0.4) is 0 Å². The maximum absolute atomic E-state index is 12.7. The second-order valence-electron chi connectivity index (χ2n) is 6.29. The number of ether oxygens (including phenoxy) is 1. The van der Waals surface area contributed by atoms with Crippen molar-refractivity contribution in [2.75, 3.05) is 13.7 Å². The summed E-state index contributed by atoms with van der Waals surface area (Å²) >= 11 is 0. The highest BCUT2D eigenvalue weighted by atomic mass is 16.5. The summed E-state index contributed by atoms with van der Waals surface area (Å²) in [5.41, 5.74) is 0.552. The molecule has 0 aliphatic heterocycles. The van der Waals surface area contributed by atoms with Crippen molar-refractivity contribution in [1.29, 1.82) is 0 Å². The fourth-order valence-corrected chi connectivity index (χ4v) is 3.10. The Balaban J connectivity index is 1.70. The van der Waals surface area contributed by atoms with Gasteiger partial charge in [0, 0.05) is 18.7 Å². The molecule has 2 aliphatic carbocycles. The summed E-state index contributed by atoms with van der Waals surface area (Å²) in [4.78, 5) is 25.1. The quantitative estimate of drug-likeness (QED) is 0.840. The van der Waals surface area contributed by atoms with Crippen molar-refractivity contribution in [3.63, 3.8) is 0 Å². The lowest BCUT2D eigenvalue weighted by atomic mass is 10.0. The highest BCUT2D eigenvalue weighted by Crippen LogP contribution is 2.47. The first-order chi connectivity index (χ1) is 10.6. The number of carboxylic acids is 1. The van der Waals surface area contributed by atoms with Crippen LogP contribution in [0.5, 0.6) is 5.75 Å². The van der Waals surface area contributed by atoms with E-state index in [1.165, 1.54) is 25.7 Å². The Kier molecular flexibility index (Phi) is 4.05. The second kappa shape index (κ2) is 5.99. The average Bonchev–Trinajstić information content (AvgIpc) is 3.39. The molecule has 3 rings (SSSR count). The number of hydrogen-bond donors (Lipinski definition) is 1. The molecule has 1 amide bonds. The number of carbonyl (C=O) groups is 2. The zero-order valence-electron chi connectivity index (χ0n) is 12.7. The third-order valence-corrected chi connectivity index (χ3v) is 4.42. The lowest BCUT2D eigenvalue weighted by molar-refractivity contribution is -0.139. The lowest BCUT2D eigenvalue weighted by Crippen LogP contribution is -2.40. The molecule has 1 aromatic carbocycles. The molecule has 2 fully saturated rings. The Labute approximate surface area is 129 Å². The van der Waals surface area contributed by atoms with E-state index < -0.39 is 12.6 Å². The van der Waals surface area contributed by atoms with Crippen LogP contribution in [0.15, 0.2) is 24.3 Å². The minimum Gasteiger partial charge on any atom is -0.482 e. The van der Waals surface area contributed by atoms with E-state index >= 15 is 0 Å². The molecule has 0 saturated heterocycles. The number of nitrogens with zero attached hydrogens (tertiary/aromatic N) is 1. The van der Waals surface area contributed by atoms with Crippen LogP contribution in [0.4, 0.5) is 0 Å². The van der Waals surface area contributed by atoms with Crippen LogP contribution in [-0.4, -0.2) is 41.6 Å². The number of amides is 1. The van der Waals surface area contributed by atoms with Crippen LogP contribution >= 0.6 is 0 Å². The molecule has 0 bridgehead atoms. The van der Waals surface area contributed by atoms with E-state index in [2.05, 4.69) is 0 Å². The Morgan fingerprint density at radius 1 is 1.27 bits per heavy atom. The summed E-state index contributed by atoms with van der Waals surface area (Å²) in [6.07, 6.45) is 4.89. The third-order valence-electron chi connectivity index (χ3n) is 4.42. The molecule has 0 radical (unpaired) electrons. The molecule has 0 atom stereocenters. The van der Waals surface area contributed by atoms with Gasteiger partial charge in [0.05, 0.1) is 0 Å². The smallest absolute Gasteiger partial charge is 0.341 e. The molecule has 1 N–H and O–H groups in total. The molecule has 2 saturated carbocycles. The maximum Gasteiger partial charge on any atom is 0.341 e. The maximum atomic E-state index is 12.7. The van der Waals surface area contributed by atoms with Crippen molar-refractivity contribution in [2.24, 2.45) is 11.8 Å². The Bertz CT molecular complexity index is 566. The second-order valence-corrected chi connectivity index (χ2v) is 6.29. The van der Waals surface area contributed by atoms with E-state index in [0.717, 1.165) is 0 Å². The van der Waals surface area contributed by atoms with Crippen molar-refractivity contribution in [3.05, 3.63) is 29.8 Å². The zero-order chi connectivity index (χ0) is 15.7. The fraction of sp³-hybridized carbons (Fsp3) is 0.529. The number of carbonyl (C=O) groups excluding carboxylic acids is 1. The minimum atomic E-state index is -1.03. The summed E-state index contributed by atoms with van der Waals surface area (Å²) in [6.45, 7) is -0.403. The number of rotatable bonds is 7. The highest BCUT2D eigenvalue weighted by Gasteiger charge is 2.45. The van der Waals surface area contributed by atoms with E-state index in [4.69, 9.17) is 9.84 Å². The molecule has 0 aromatic heterocycles. The molecule has 0 unspecified atom stereocenters. The first-order valence-corrected chi connectivity index (χ1v) is 7.78. The standard InChI is InChI=1S/C17H21NO4/c1-18(16(11-5-6-11)12-7-8-12)17(21)13-3-2-4-14(9-13)22-10-15(19)20/h2-4,9,11-12,16H,5-8,10H2,1H3,(H,19,20). The van der Waals surface area contributed by atoms with Crippen LogP contribution in [-0.2, 0) is 4.79 Å². The number of hydrogen-bond acceptors (Lipinski definition) is 3. The largest absolute Gasteiger partial charge is 0.482 e. The molecule has 0 spiro atoms. The molecule has 2 aliphatic rings. The van der Waals surface area contributed by atoms with Crippen molar-refractivity contribution < 1.29 is 19.4 Å². The number of benzene rings is 1. The normalized spacial score (nSPS) is 17.4. The summed E-state index contributed by atoms with van der Waals surface area (Å²) in [7, 11) is 1.88. The number of carboxylic acid groups (broad SMARTS) is 1. The SMILES string of the molecule is CN(C(=O)c1cccc(OCC(=O)O)c1)C(C1CC1)C1CC1. The molecule has 0 heterocycles. The number of aliphatic carboxylic acids is 1. The molecular formula is C17H21NO4. The topological polar surface area (TPSA) is 66.8 Å². The van der Waals surface area contributed by atoms with Crippen LogP contribution in [0.2, 0.25) is 0 Å². The first-order valence-electron chi connectivity index (χ1n) is 7.78. The van der Waals surface area contributed by atoms with Gasteiger partial charge in [0.15, 0.2) is 6.61 Å². The van der Waals surface area contributed by atoms with Crippen LogP contribution in [0.25, 0.3) is 0 Å². The molecular weight excluding hydrogens is 282 g/mol. The Morgan fingerprint density at radius 2 is 1.91 bits per heavy atom.